The fourth-order valence-electron chi connectivity index (χ4n) is 2.11. The van der Waals surface area contributed by atoms with Crippen LogP contribution in [0.3, 0.4) is 0 Å². The molecule has 2 aliphatic rings. The van der Waals surface area contributed by atoms with E-state index in [-0.39, 0.29) is 6.10 Å². The normalized spacial score (nSPS) is 31.2. The predicted octanol–water partition coefficient (Wildman–Crippen LogP) is -0.176. The Morgan fingerprint density at radius 2 is 2.08 bits per heavy atom. The second-order valence-electron chi connectivity index (χ2n) is 4.40. The molecule has 2 rings (SSSR count). The second-order valence-corrected chi connectivity index (χ2v) is 4.40. The highest BCUT2D eigenvalue weighted by Crippen LogP contribution is 2.44. The van der Waals surface area contributed by atoms with Crippen molar-refractivity contribution >= 4 is 0 Å². The highest BCUT2D eigenvalue weighted by atomic mass is 16.3. The van der Waals surface area contributed by atoms with Gasteiger partial charge in [-0.1, -0.05) is 0 Å². The first-order valence-corrected chi connectivity index (χ1v) is 4.73. The number of likely N-dealkylation sites (tertiary alicyclic amines) is 1. The van der Waals surface area contributed by atoms with Crippen molar-refractivity contribution in [1.82, 2.24) is 4.90 Å². The van der Waals surface area contributed by atoms with E-state index in [0.29, 0.717) is 12.5 Å². The molecule has 12 heavy (non-hydrogen) atoms. The predicted molar refractivity (Wildman–Crippen MR) is 45.8 cm³/mol. The van der Waals surface area contributed by atoms with E-state index in [4.69, 9.17) is 5.11 Å². The number of rotatable bonds is 3. The summed E-state index contributed by atoms with van der Waals surface area (Å²) in [6.45, 7) is 4.02. The summed E-state index contributed by atoms with van der Waals surface area (Å²) in [7, 11) is 0. The van der Waals surface area contributed by atoms with Crippen molar-refractivity contribution in [1.29, 1.82) is 0 Å². The van der Waals surface area contributed by atoms with Gasteiger partial charge < -0.3 is 10.2 Å². The molecule has 0 amide bonds. The fourth-order valence-corrected chi connectivity index (χ4v) is 2.11. The Labute approximate surface area is 73.0 Å². The molecule has 1 saturated carbocycles. The van der Waals surface area contributed by atoms with Gasteiger partial charge in [0.15, 0.2) is 0 Å². The molecule has 0 spiro atoms. The monoisotopic (exact) mass is 171 g/mol. The lowest BCUT2D eigenvalue weighted by atomic mass is 9.88. The van der Waals surface area contributed by atoms with Crippen LogP contribution < -0.4 is 0 Å². The summed E-state index contributed by atoms with van der Waals surface area (Å²) in [6, 6.07) is 0. The van der Waals surface area contributed by atoms with Crippen LogP contribution in [0.25, 0.3) is 0 Å². The van der Waals surface area contributed by atoms with Gasteiger partial charge in [-0.2, -0.15) is 0 Å². The molecule has 2 N–H and O–H groups in total. The van der Waals surface area contributed by atoms with E-state index in [2.05, 4.69) is 4.90 Å². The van der Waals surface area contributed by atoms with Gasteiger partial charge in [-0.25, -0.2) is 0 Å². The molecule has 1 atom stereocenters. The molecule has 0 aromatic carbocycles. The average molecular weight is 171 g/mol. The van der Waals surface area contributed by atoms with Crippen LogP contribution in [0, 0.1) is 5.92 Å². The summed E-state index contributed by atoms with van der Waals surface area (Å²) in [6.07, 6.45) is 2.12. The highest BCUT2D eigenvalue weighted by Gasteiger charge is 2.51. The Morgan fingerprint density at radius 3 is 2.50 bits per heavy atom. The maximum absolute atomic E-state index is 9.91. The van der Waals surface area contributed by atoms with Crippen LogP contribution in [0.2, 0.25) is 0 Å². The third-order valence-corrected chi connectivity index (χ3v) is 2.85. The summed E-state index contributed by atoms with van der Waals surface area (Å²) >= 11 is 0. The Hall–Kier alpha value is -0.120. The summed E-state index contributed by atoms with van der Waals surface area (Å²) in [5, 5.41) is 19.0. The molecule has 1 heterocycles. The van der Waals surface area contributed by atoms with E-state index in [0.717, 1.165) is 13.1 Å². The van der Waals surface area contributed by atoms with E-state index in [9.17, 15) is 5.11 Å². The van der Waals surface area contributed by atoms with Gasteiger partial charge in [-0.3, -0.25) is 4.90 Å². The maximum Gasteiger partial charge on any atom is 0.0928 e. The first-order chi connectivity index (χ1) is 5.60. The zero-order valence-corrected chi connectivity index (χ0v) is 7.53. The molecule has 0 unspecified atom stereocenters. The number of aliphatic hydroxyl groups excluding tert-OH is 1. The van der Waals surface area contributed by atoms with Gasteiger partial charge in [0.1, 0.15) is 0 Å². The van der Waals surface area contributed by atoms with Gasteiger partial charge in [0.2, 0.25) is 0 Å². The van der Waals surface area contributed by atoms with E-state index in [1.807, 2.05) is 0 Å². The number of aliphatic hydroxyl groups is 2. The average Bonchev–Trinajstić information content (AvgIpc) is 2.62. The Balaban J connectivity index is 1.75. The molecule has 70 valence electrons. The number of nitrogens with zero attached hydrogens (tertiary/aromatic N) is 1. The lowest BCUT2D eigenvalue weighted by Crippen LogP contribution is -2.64. The minimum absolute atomic E-state index is 0.270. The molecule has 0 aromatic heterocycles. The van der Waals surface area contributed by atoms with Crippen LogP contribution >= 0.6 is 0 Å². The van der Waals surface area contributed by atoms with Gasteiger partial charge >= 0.3 is 0 Å². The zero-order chi connectivity index (χ0) is 8.77. The molecule has 1 aliphatic heterocycles. The van der Waals surface area contributed by atoms with Crippen molar-refractivity contribution < 1.29 is 10.2 Å². The Morgan fingerprint density at radius 1 is 1.50 bits per heavy atom. The molecule has 2 fully saturated rings. The first-order valence-electron chi connectivity index (χ1n) is 4.73. The Bertz CT molecular complexity index is 171. The van der Waals surface area contributed by atoms with Crippen LogP contribution in [0.5, 0.6) is 0 Å². The molecule has 0 aromatic rings. The SMILES string of the molecule is C[C@@H](O)CN1CC(O)(C2CC2)C1. The summed E-state index contributed by atoms with van der Waals surface area (Å²) in [5.74, 6) is 0.558. The van der Waals surface area contributed by atoms with Crippen molar-refractivity contribution in [2.75, 3.05) is 19.6 Å². The van der Waals surface area contributed by atoms with Crippen molar-refractivity contribution in [3.05, 3.63) is 0 Å². The van der Waals surface area contributed by atoms with Gasteiger partial charge in [0, 0.05) is 19.6 Å². The fraction of sp³-hybridized carbons (Fsp3) is 1.00. The van der Waals surface area contributed by atoms with Crippen LogP contribution in [0.15, 0.2) is 0 Å². The number of β-amino-alcohol motifs (C(OH)–C–C–N with tert-alkyl or cyclic N) is 2. The minimum Gasteiger partial charge on any atom is -0.392 e. The quantitative estimate of drug-likeness (QED) is 0.619. The molecule has 3 heteroatoms. The lowest BCUT2D eigenvalue weighted by Gasteiger charge is -2.47. The first kappa shape index (κ1) is 8.48. The number of hydrogen-bond acceptors (Lipinski definition) is 3. The number of hydrogen-bond donors (Lipinski definition) is 2. The smallest absolute Gasteiger partial charge is 0.0928 e. The third kappa shape index (κ3) is 1.49. The van der Waals surface area contributed by atoms with Gasteiger partial charge in [-0.05, 0) is 25.7 Å². The van der Waals surface area contributed by atoms with Gasteiger partial charge in [0.25, 0.3) is 0 Å². The molecular weight excluding hydrogens is 154 g/mol. The van der Waals surface area contributed by atoms with E-state index < -0.39 is 5.60 Å². The largest absolute Gasteiger partial charge is 0.392 e. The highest BCUT2D eigenvalue weighted by molar-refractivity contribution is 5.05. The summed E-state index contributed by atoms with van der Waals surface area (Å²) in [5.41, 5.74) is -0.394. The van der Waals surface area contributed by atoms with E-state index >= 15 is 0 Å². The lowest BCUT2D eigenvalue weighted by molar-refractivity contribution is -0.121. The topological polar surface area (TPSA) is 43.7 Å². The minimum atomic E-state index is -0.394. The second kappa shape index (κ2) is 2.69. The van der Waals surface area contributed by atoms with Gasteiger partial charge in [0.05, 0.1) is 11.7 Å². The van der Waals surface area contributed by atoms with Crippen molar-refractivity contribution in [2.24, 2.45) is 5.92 Å². The van der Waals surface area contributed by atoms with E-state index in [1.54, 1.807) is 6.92 Å². The summed E-state index contributed by atoms with van der Waals surface area (Å²) < 4.78 is 0. The van der Waals surface area contributed by atoms with Crippen molar-refractivity contribution in [3.8, 4) is 0 Å². The molecule has 0 radical (unpaired) electrons. The van der Waals surface area contributed by atoms with Crippen LogP contribution in [0.4, 0.5) is 0 Å². The van der Waals surface area contributed by atoms with Crippen LogP contribution in [-0.2, 0) is 0 Å². The van der Waals surface area contributed by atoms with Gasteiger partial charge in [-0.15, -0.1) is 0 Å². The third-order valence-electron chi connectivity index (χ3n) is 2.85. The Kier molecular flexibility index (Phi) is 1.90. The van der Waals surface area contributed by atoms with Crippen LogP contribution in [-0.4, -0.2) is 46.5 Å². The van der Waals surface area contributed by atoms with Crippen LogP contribution in [0.1, 0.15) is 19.8 Å². The molecule has 0 bridgehead atoms. The zero-order valence-electron chi connectivity index (χ0n) is 7.53. The molecule has 1 saturated heterocycles. The maximum atomic E-state index is 9.91. The molecule has 3 nitrogen and oxygen atoms in total. The van der Waals surface area contributed by atoms with Crippen molar-refractivity contribution in [2.45, 2.75) is 31.5 Å². The standard InChI is InChI=1S/C9H17NO2/c1-7(11)4-10-5-9(12,6-10)8-2-3-8/h7-8,11-12H,2-6H2,1H3/t7-/m1/s1. The van der Waals surface area contributed by atoms with Crippen molar-refractivity contribution in [3.63, 3.8) is 0 Å². The molecule has 1 aliphatic carbocycles. The van der Waals surface area contributed by atoms with E-state index in [1.165, 1.54) is 12.8 Å². The summed E-state index contributed by atoms with van der Waals surface area (Å²) in [4.78, 5) is 2.11. The molecular formula is C9H17NO2.